The van der Waals surface area contributed by atoms with Crippen LogP contribution in [0.4, 0.5) is 8.78 Å². The lowest BCUT2D eigenvalue weighted by molar-refractivity contribution is -0.0498. The molecule has 1 aromatic carbocycles. The highest BCUT2D eigenvalue weighted by atomic mass is 19.3. The highest BCUT2D eigenvalue weighted by Crippen LogP contribution is 2.23. The van der Waals surface area contributed by atoms with Crippen molar-refractivity contribution in [2.75, 3.05) is 0 Å². The van der Waals surface area contributed by atoms with E-state index in [0.29, 0.717) is 0 Å². The van der Waals surface area contributed by atoms with Crippen LogP contribution in [-0.4, -0.2) is 17.7 Å². The van der Waals surface area contributed by atoms with Crippen molar-refractivity contribution in [2.24, 2.45) is 0 Å². The monoisotopic (exact) mass is 227 g/mol. The second kappa shape index (κ2) is 4.57. The summed E-state index contributed by atoms with van der Waals surface area (Å²) < 4.78 is 27.9. The molecule has 4 nitrogen and oxygen atoms in total. The van der Waals surface area contributed by atoms with E-state index in [9.17, 15) is 13.6 Å². The largest absolute Gasteiger partial charge is 0.478 e. The summed E-state index contributed by atoms with van der Waals surface area (Å²) in [5.41, 5.74) is -0.213. The number of hydrogen-bond donors (Lipinski definition) is 1. The molecule has 0 aliphatic heterocycles. The molecule has 0 atom stereocenters. The molecule has 0 spiro atoms. The molecule has 1 N–H and O–H groups in total. The Labute approximate surface area is 89.7 Å². The van der Waals surface area contributed by atoms with Crippen LogP contribution >= 0.6 is 0 Å². The summed E-state index contributed by atoms with van der Waals surface area (Å²) in [6, 6.07) is 3.75. The molecule has 1 rings (SSSR count). The summed E-state index contributed by atoms with van der Waals surface area (Å²) in [5.74, 6) is -1.51. The zero-order valence-corrected chi connectivity index (χ0v) is 8.20. The van der Waals surface area contributed by atoms with Crippen molar-refractivity contribution >= 4 is 5.97 Å². The molecule has 0 heterocycles. The van der Waals surface area contributed by atoms with Gasteiger partial charge in [-0.1, -0.05) is 0 Å². The lowest BCUT2D eigenvalue weighted by atomic mass is 10.0. The third-order valence-electron chi connectivity index (χ3n) is 1.87. The van der Waals surface area contributed by atoms with Gasteiger partial charge in [-0.15, -0.1) is 0 Å². The van der Waals surface area contributed by atoms with E-state index in [2.05, 4.69) is 4.74 Å². The molecular weight excluding hydrogens is 220 g/mol. The van der Waals surface area contributed by atoms with E-state index >= 15 is 0 Å². The number of carbonyl (C=O) groups is 1. The van der Waals surface area contributed by atoms with Crippen LogP contribution in [-0.2, 0) is 0 Å². The maximum Gasteiger partial charge on any atom is 0.387 e. The van der Waals surface area contributed by atoms with E-state index in [1.54, 1.807) is 6.07 Å². The zero-order valence-electron chi connectivity index (χ0n) is 8.20. The Morgan fingerprint density at radius 1 is 1.56 bits per heavy atom. The number of rotatable bonds is 3. The number of aromatic carboxylic acids is 1. The number of benzene rings is 1. The van der Waals surface area contributed by atoms with Crippen molar-refractivity contribution in [3.05, 3.63) is 28.8 Å². The molecule has 0 amide bonds. The molecule has 0 bridgehead atoms. The molecule has 0 unspecified atom stereocenters. The highest BCUT2D eigenvalue weighted by molar-refractivity contribution is 5.92. The van der Waals surface area contributed by atoms with E-state index < -0.39 is 12.6 Å². The number of aryl methyl sites for hydroxylation is 1. The number of hydrogen-bond acceptors (Lipinski definition) is 3. The maximum absolute atomic E-state index is 11.9. The van der Waals surface area contributed by atoms with Crippen LogP contribution in [0, 0.1) is 18.3 Å². The third-order valence-corrected chi connectivity index (χ3v) is 1.87. The van der Waals surface area contributed by atoms with Crippen LogP contribution < -0.4 is 4.74 Å². The quantitative estimate of drug-likeness (QED) is 0.858. The first kappa shape index (κ1) is 11.9. The van der Waals surface area contributed by atoms with Gasteiger partial charge in [0.15, 0.2) is 0 Å². The van der Waals surface area contributed by atoms with Crippen LogP contribution in [0.5, 0.6) is 5.75 Å². The van der Waals surface area contributed by atoms with Crippen LogP contribution in [0.15, 0.2) is 12.1 Å². The summed E-state index contributed by atoms with van der Waals surface area (Å²) >= 11 is 0. The van der Waals surface area contributed by atoms with Gasteiger partial charge >= 0.3 is 12.6 Å². The SMILES string of the molecule is Cc1cc(OC(F)F)cc(C#N)c1C(=O)O. The van der Waals surface area contributed by atoms with E-state index in [1.165, 1.54) is 6.92 Å². The molecule has 1 aromatic rings. The number of alkyl halides is 2. The van der Waals surface area contributed by atoms with E-state index in [4.69, 9.17) is 10.4 Å². The van der Waals surface area contributed by atoms with Crippen LogP contribution in [0.25, 0.3) is 0 Å². The van der Waals surface area contributed by atoms with Gasteiger partial charge in [0.05, 0.1) is 11.1 Å². The molecule has 0 saturated heterocycles. The van der Waals surface area contributed by atoms with E-state index in [1.807, 2.05) is 0 Å². The average Bonchev–Trinajstić information content (AvgIpc) is 2.14. The van der Waals surface area contributed by atoms with Gasteiger partial charge < -0.3 is 9.84 Å². The maximum atomic E-state index is 11.9. The number of nitriles is 1. The molecule has 6 heteroatoms. The first-order valence-corrected chi connectivity index (χ1v) is 4.18. The van der Waals surface area contributed by atoms with Crippen LogP contribution in [0.3, 0.4) is 0 Å². The molecular formula is C10H7F2NO3. The smallest absolute Gasteiger partial charge is 0.387 e. The molecule has 0 aliphatic rings. The minimum atomic E-state index is -3.01. The lowest BCUT2D eigenvalue weighted by Crippen LogP contribution is -2.07. The Hall–Kier alpha value is -2.16. The molecule has 84 valence electrons. The van der Waals surface area contributed by atoms with E-state index in [0.717, 1.165) is 12.1 Å². The van der Waals surface area contributed by atoms with Crippen molar-refractivity contribution in [1.82, 2.24) is 0 Å². The predicted molar refractivity (Wildman–Crippen MR) is 49.5 cm³/mol. The summed E-state index contributed by atoms with van der Waals surface area (Å²) in [7, 11) is 0. The normalized spacial score (nSPS) is 9.94. The molecule has 0 radical (unpaired) electrons. The van der Waals surface area contributed by atoms with E-state index in [-0.39, 0.29) is 22.4 Å². The first-order valence-electron chi connectivity index (χ1n) is 4.18. The number of carboxylic acid groups (broad SMARTS) is 1. The first-order chi connectivity index (χ1) is 7.45. The Balaban J connectivity index is 3.28. The average molecular weight is 227 g/mol. The Kier molecular flexibility index (Phi) is 3.40. The van der Waals surface area contributed by atoms with Gasteiger partial charge in [0.1, 0.15) is 11.8 Å². The molecule has 0 fully saturated rings. The van der Waals surface area contributed by atoms with Crippen molar-refractivity contribution in [3.8, 4) is 11.8 Å². The predicted octanol–water partition coefficient (Wildman–Crippen LogP) is 2.17. The van der Waals surface area contributed by atoms with Gasteiger partial charge in [0.25, 0.3) is 0 Å². The molecule has 0 saturated carbocycles. The van der Waals surface area contributed by atoms with Gasteiger partial charge in [-0.05, 0) is 24.6 Å². The van der Waals surface area contributed by atoms with Crippen molar-refractivity contribution < 1.29 is 23.4 Å². The number of nitrogens with zero attached hydrogens (tertiary/aromatic N) is 1. The third kappa shape index (κ3) is 2.45. The zero-order chi connectivity index (χ0) is 12.3. The minimum Gasteiger partial charge on any atom is -0.478 e. The fourth-order valence-electron chi connectivity index (χ4n) is 1.30. The Morgan fingerprint density at radius 2 is 2.19 bits per heavy atom. The van der Waals surface area contributed by atoms with Crippen molar-refractivity contribution in [3.63, 3.8) is 0 Å². The van der Waals surface area contributed by atoms with Gasteiger partial charge in [-0.25, -0.2) is 4.79 Å². The minimum absolute atomic E-state index is 0.196. The summed E-state index contributed by atoms with van der Waals surface area (Å²) in [6.07, 6.45) is 0. The second-order valence-corrected chi connectivity index (χ2v) is 2.96. The van der Waals surface area contributed by atoms with Crippen molar-refractivity contribution in [2.45, 2.75) is 13.5 Å². The molecule has 16 heavy (non-hydrogen) atoms. The lowest BCUT2D eigenvalue weighted by Gasteiger charge is -2.08. The van der Waals surface area contributed by atoms with Gasteiger partial charge in [0.2, 0.25) is 0 Å². The molecule has 0 aliphatic carbocycles. The fraction of sp³-hybridized carbons (Fsp3) is 0.200. The Bertz CT molecular complexity index is 466. The van der Waals surface area contributed by atoms with Gasteiger partial charge in [0, 0.05) is 0 Å². The van der Waals surface area contributed by atoms with Crippen LogP contribution in [0.1, 0.15) is 21.5 Å². The van der Waals surface area contributed by atoms with Gasteiger partial charge in [-0.3, -0.25) is 0 Å². The highest BCUT2D eigenvalue weighted by Gasteiger charge is 2.16. The second-order valence-electron chi connectivity index (χ2n) is 2.96. The topological polar surface area (TPSA) is 70.3 Å². The summed E-state index contributed by atoms with van der Waals surface area (Å²) in [4.78, 5) is 10.8. The number of ether oxygens (including phenoxy) is 1. The summed E-state index contributed by atoms with van der Waals surface area (Å²) in [5, 5.41) is 17.5. The Morgan fingerprint density at radius 3 is 2.62 bits per heavy atom. The van der Waals surface area contributed by atoms with Gasteiger partial charge in [-0.2, -0.15) is 14.0 Å². The number of halogens is 2. The molecule has 0 aromatic heterocycles. The van der Waals surface area contributed by atoms with Crippen LogP contribution in [0.2, 0.25) is 0 Å². The summed E-state index contributed by atoms with van der Waals surface area (Å²) in [6.45, 7) is -1.61. The fourth-order valence-corrected chi connectivity index (χ4v) is 1.30. The van der Waals surface area contributed by atoms with Crippen molar-refractivity contribution in [1.29, 1.82) is 5.26 Å². The number of carboxylic acids is 1. The standard InChI is InChI=1S/C10H7F2NO3/c1-5-2-7(16-10(11)12)3-6(4-13)8(5)9(14)15/h2-3,10H,1H3,(H,14,15).